The Kier molecular flexibility index (Phi) is 5.39. The number of sulfone groups is 1. The smallest absolute Gasteiger partial charge is 0.180 e. The summed E-state index contributed by atoms with van der Waals surface area (Å²) >= 11 is 5.81. The van der Waals surface area contributed by atoms with Gasteiger partial charge in [0.1, 0.15) is 0 Å². The molecule has 2 aromatic rings. The summed E-state index contributed by atoms with van der Waals surface area (Å²) in [7, 11) is -3.37. The Bertz CT molecular complexity index is 669. The Hall–Kier alpha value is -1.36. The highest BCUT2D eigenvalue weighted by Gasteiger charge is 2.21. The van der Waals surface area contributed by atoms with Crippen LogP contribution in [0.25, 0.3) is 0 Å². The van der Waals surface area contributed by atoms with Crippen LogP contribution < -0.4 is 5.32 Å². The van der Waals surface area contributed by atoms with E-state index in [9.17, 15) is 8.42 Å². The van der Waals surface area contributed by atoms with Gasteiger partial charge in [-0.05, 0) is 36.4 Å². The number of benzene rings is 2. The van der Waals surface area contributed by atoms with E-state index < -0.39 is 9.84 Å². The van der Waals surface area contributed by atoms with Crippen molar-refractivity contribution in [3.05, 3.63) is 65.2 Å². The van der Waals surface area contributed by atoms with E-state index in [2.05, 4.69) is 5.32 Å². The molecule has 3 nitrogen and oxygen atoms in total. The largest absolute Gasteiger partial charge is 0.309 e. The maximum absolute atomic E-state index is 12.5. The fraction of sp³-hybridized carbons (Fsp3) is 0.250. The van der Waals surface area contributed by atoms with Gasteiger partial charge in [0.25, 0.3) is 0 Å². The predicted molar refractivity (Wildman–Crippen MR) is 86.4 cm³/mol. The second-order valence-electron chi connectivity index (χ2n) is 4.76. The first-order valence-corrected chi connectivity index (χ1v) is 8.82. The zero-order chi connectivity index (χ0) is 15.3. The predicted octanol–water partition coefficient (Wildman–Crippen LogP) is 3.46. The molecule has 0 bridgehead atoms. The summed E-state index contributed by atoms with van der Waals surface area (Å²) in [5.41, 5.74) is 0.969. The van der Waals surface area contributed by atoms with Crippen LogP contribution in [-0.2, 0) is 9.84 Å². The molecule has 2 aromatic carbocycles. The normalized spacial score (nSPS) is 13.0. The van der Waals surface area contributed by atoms with Gasteiger partial charge in [0.05, 0.1) is 10.6 Å². The molecule has 0 aliphatic carbocycles. The van der Waals surface area contributed by atoms with E-state index in [4.69, 9.17) is 11.6 Å². The maximum atomic E-state index is 12.5. The van der Waals surface area contributed by atoms with Crippen LogP contribution in [-0.4, -0.2) is 20.7 Å². The number of nitrogens with one attached hydrogen (secondary N) is 1. The molecule has 0 aliphatic heterocycles. The molecule has 1 unspecified atom stereocenters. The Morgan fingerprint density at radius 2 is 1.67 bits per heavy atom. The molecule has 0 radical (unpaired) electrons. The molecule has 21 heavy (non-hydrogen) atoms. The summed E-state index contributed by atoms with van der Waals surface area (Å²) in [5.74, 6) is 0.0203. The van der Waals surface area contributed by atoms with Gasteiger partial charge in [0.2, 0.25) is 0 Å². The molecule has 112 valence electrons. The van der Waals surface area contributed by atoms with Gasteiger partial charge in [0.15, 0.2) is 9.84 Å². The van der Waals surface area contributed by atoms with Crippen molar-refractivity contribution in [3.8, 4) is 0 Å². The Labute approximate surface area is 130 Å². The fourth-order valence-corrected chi connectivity index (χ4v) is 3.78. The van der Waals surface area contributed by atoms with E-state index >= 15 is 0 Å². The summed E-state index contributed by atoms with van der Waals surface area (Å²) in [4.78, 5) is 0.297. The molecule has 0 aliphatic rings. The highest BCUT2D eigenvalue weighted by atomic mass is 35.5. The van der Waals surface area contributed by atoms with Gasteiger partial charge in [0, 0.05) is 11.1 Å². The number of rotatable bonds is 6. The molecule has 2 rings (SSSR count). The summed E-state index contributed by atoms with van der Waals surface area (Å²) in [5, 5.41) is 3.76. The van der Waals surface area contributed by atoms with E-state index in [1.54, 1.807) is 24.3 Å². The maximum Gasteiger partial charge on any atom is 0.180 e. The second-order valence-corrected chi connectivity index (χ2v) is 7.23. The zero-order valence-corrected chi connectivity index (χ0v) is 13.4. The molecule has 0 aromatic heterocycles. The highest BCUT2D eigenvalue weighted by Crippen LogP contribution is 2.21. The quantitative estimate of drug-likeness (QED) is 0.885. The molecule has 0 spiro atoms. The van der Waals surface area contributed by atoms with Gasteiger partial charge in [-0.1, -0.05) is 48.9 Å². The lowest BCUT2D eigenvalue weighted by molar-refractivity contribution is 0.559. The van der Waals surface area contributed by atoms with Crippen molar-refractivity contribution < 1.29 is 8.42 Å². The fourth-order valence-electron chi connectivity index (χ4n) is 2.16. The van der Waals surface area contributed by atoms with Crippen LogP contribution in [0.2, 0.25) is 5.02 Å². The number of halogens is 1. The lowest BCUT2D eigenvalue weighted by Gasteiger charge is -2.18. The average molecular weight is 324 g/mol. The minimum absolute atomic E-state index is 0.0203. The van der Waals surface area contributed by atoms with E-state index in [0.717, 1.165) is 5.56 Å². The molecular weight excluding hydrogens is 306 g/mol. The minimum atomic E-state index is -3.37. The second kappa shape index (κ2) is 7.07. The first kappa shape index (κ1) is 16.0. The van der Waals surface area contributed by atoms with Gasteiger partial charge in [-0.25, -0.2) is 8.42 Å². The minimum Gasteiger partial charge on any atom is -0.309 e. The van der Waals surface area contributed by atoms with E-state index in [1.165, 1.54) is 0 Å². The van der Waals surface area contributed by atoms with Crippen molar-refractivity contribution in [2.24, 2.45) is 0 Å². The van der Waals surface area contributed by atoms with Gasteiger partial charge in [-0.2, -0.15) is 0 Å². The zero-order valence-electron chi connectivity index (χ0n) is 11.8. The number of hydrogen-bond donors (Lipinski definition) is 1. The van der Waals surface area contributed by atoms with Crippen molar-refractivity contribution >= 4 is 21.4 Å². The standard InChI is InChI=1S/C16H18ClNO2S/c1-2-18-16(13-6-4-3-5-7-13)12-21(19,20)15-10-8-14(17)9-11-15/h3-11,16,18H,2,12H2,1H3. The number of hydrogen-bond acceptors (Lipinski definition) is 3. The van der Waals surface area contributed by atoms with E-state index in [1.807, 2.05) is 37.3 Å². The third-order valence-electron chi connectivity index (χ3n) is 3.21. The Balaban J connectivity index is 2.25. The topological polar surface area (TPSA) is 46.2 Å². The molecule has 1 N–H and O–H groups in total. The molecule has 0 amide bonds. The third kappa shape index (κ3) is 4.30. The summed E-state index contributed by atoms with van der Waals surface area (Å²) in [6, 6.07) is 15.7. The van der Waals surface area contributed by atoms with Crippen molar-refractivity contribution in [1.29, 1.82) is 0 Å². The van der Waals surface area contributed by atoms with Crippen LogP contribution in [0.3, 0.4) is 0 Å². The van der Waals surface area contributed by atoms with Crippen LogP contribution in [0.15, 0.2) is 59.5 Å². The van der Waals surface area contributed by atoms with E-state index in [0.29, 0.717) is 16.5 Å². The van der Waals surface area contributed by atoms with Crippen LogP contribution in [0.4, 0.5) is 0 Å². The summed E-state index contributed by atoms with van der Waals surface area (Å²) < 4.78 is 25.0. The van der Waals surface area contributed by atoms with Gasteiger partial charge >= 0.3 is 0 Å². The van der Waals surface area contributed by atoms with Crippen LogP contribution >= 0.6 is 11.6 Å². The molecule has 5 heteroatoms. The molecule has 0 saturated carbocycles. The molecule has 0 heterocycles. The Morgan fingerprint density at radius 3 is 2.24 bits per heavy atom. The average Bonchev–Trinajstić information content (AvgIpc) is 2.48. The molecule has 0 fully saturated rings. The van der Waals surface area contributed by atoms with Gasteiger partial charge < -0.3 is 5.32 Å². The van der Waals surface area contributed by atoms with Crippen molar-refractivity contribution in [2.45, 2.75) is 17.9 Å². The van der Waals surface area contributed by atoms with Gasteiger partial charge in [-0.3, -0.25) is 0 Å². The van der Waals surface area contributed by atoms with Crippen LogP contribution in [0, 0.1) is 0 Å². The monoisotopic (exact) mass is 323 g/mol. The summed E-state index contributed by atoms with van der Waals surface area (Å²) in [6.07, 6.45) is 0. The summed E-state index contributed by atoms with van der Waals surface area (Å²) in [6.45, 7) is 2.67. The third-order valence-corrected chi connectivity index (χ3v) is 5.23. The van der Waals surface area contributed by atoms with Crippen LogP contribution in [0.5, 0.6) is 0 Å². The molecule has 1 atom stereocenters. The lowest BCUT2D eigenvalue weighted by atomic mass is 10.1. The SMILES string of the molecule is CCNC(CS(=O)(=O)c1ccc(Cl)cc1)c1ccccc1. The molecular formula is C16H18ClNO2S. The first-order chi connectivity index (χ1) is 10.0. The van der Waals surface area contributed by atoms with Crippen LogP contribution in [0.1, 0.15) is 18.5 Å². The molecule has 0 saturated heterocycles. The van der Waals surface area contributed by atoms with Gasteiger partial charge in [-0.15, -0.1) is 0 Å². The highest BCUT2D eigenvalue weighted by molar-refractivity contribution is 7.91. The lowest BCUT2D eigenvalue weighted by Crippen LogP contribution is -2.28. The van der Waals surface area contributed by atoms with Crippen molar-refractivity contribution in [3.63, 3.8) is 0 Å². The van der Waals surface area contributed by atoms with E-state index in [-0.39, 0.29) is 11.8 Å². The van der Waals surface area contributed by atoms with Crippen molar-refractivity contribution in [2.75, 3.05) is 12.3 Å². The Morgan fingerprint density at radius 1 is 1.05 bits per heavy atom. The van der Waals surface area contributed by atoms with Crippen molar-refractivity contribution in [1.82, 2.24) is 5.32 Å². The first-order valence-electron chi connectivity index (χ1n) is 6.79.